The molecule has 1 heterocycles. The van der Waals surface area contributed by atoms with E-state index in [9.17, 15) is 4.79 Å². The fraction of sp³-hybridized carbons (Fsp3) is 0.733. The monoisotopic (exact) mass is 317 g/mol. The van der Waals surface area contributed by atoms with Gasteiger partial charge in [0.2, 0.25) is 0 Å². The van der Waals surface area contributed by atoms with Gasteiger partial charge in [0.15, 0.2) is 5.82 Å². The van der Waals surface area contributed by atoms with Crippen molar-refractivity contribution in [3.8, 4) is 0 Å². The van der Waals surface area contributed by atoms with Gasteiger partial charge in [-0.25, -0.2) is 4.79 Å². The summed E-state index contributed by atoms with van der Waals surface area (Å²) in [6, 6.07) is 0. The maximum absolute atomic E-state index is 12.1. The molecule has 1 aromatic heterocycles. The van der Waals surface area contributed by atoms with E-state index in [1.165, 1.54) is 0 Å². The molecule has 0 aliphatic carbocycles. The first-order chi connectivity index (χ1) is 9.65. The third kappa shape index (κ3) is 5.58. The topological polar surface area (TPSA) is 58.2 Å². The number of esters is 1. The third-order valence-corrected chi connectivity index (χ3v) is 3.27. The van der Waals surface area contributed by atoms with Crippen molar-refractivity contribution in [2.75, 3.05) is 24.6 Å². The number of hydrogen-bond acceptors (Lipinski definition) is 4. The first-order valence-corrected chi connectivity index (χ1v) is 7.62. The molecule has 0 radical (unpaired) electrons. The van der Waals surface area contributed by atoms with Gasteiger partial charge in [-0.2, -0.15) is 5.10 Å². The second-order valence-corrected chi connectivity index (χ2v) is 4.96. The van der Waals surface area contributed by atoms with Crippen LogP contribution in [0.1, 0.15) is 62.5 Å². The van der Waals surface area contributed by atoms with Crippen molar-refractivity contribution in [1.82, 2.24) is 10.2 Å². The largest absolute Gasteiger partial charge is 0.462 e. The molecule has 0 amide bonds. The number of aromatic nitrogens is 2. The Balaban J connectivity index is 0.00000400. The third-order valence-electron chi connectivity index (χ3n) is 3.27. The smallest absolute Gasteiger partial charge is 0.343 e. The van der Waals surface area contributed by atoms with Crippen molar-refractivity contribution in [3.05, 3.63) is 11.3 Å². The highest BCUT2D eigenvalue weighted by atomic mass is 35.5. The molecule has 0 bridgehead atoms. The van der Waals surface area contributed by atoms with Crippen molar-refractivity contribution in [2.45, 2.75) is 53.4 Å². The molecule has 21 heavy (non-hydrogen) atoms. The van der Waals surface area contributed by atoms with E-state index in [2.05, 4.69) is 28.9 Å². The van der Waals surface area contributed by atoms with Crippen LogP contribution in [0.25, 0.3) is 0 Å². The number of nitrogens with zero attached hydrogens (tertiary/aromatic N) is 2. The number of hydrogen-bond donors (Lipinski definition) is 1. The molecule has 0 aliphatic heterocycles. The van der Waals surface area contributed by atoms with Crippen LogP contribution < -0.4 is 4.90 Å². The lowest BCUT2D eigenvalue weighted by molar-refractivity contribution is 0.0526. The van der Waals surface area contributed by atoms with Crippen LogP contribution >= 0.6 is 12.4 Å². The normalized spacial score (nSPS) is 10.1. The van der Waals surface area contributed by atoms with Crippen LogP contribution in [0.5, 0.6) is 0 Å². The maximum Gasteiger partial charge on any atom is 0.343 e. The van der Waals surface area contributed by atoms with Gasteiger partial charge < -0.3 is 9.64 Å². The molecule has 6 heteroatoms. The fourth-order valence-electron chi connectivity index (χ4n) is 2.11. The summed E-state index contributed by atoms with van der Waals surface area (Å²) in [5, 5.41) is 7.24. The van der Waals surface area contributed by atoms with E-state index in [1.807, 2.05) is 13.8 Å². The molecule has 122 valence electrons. The first kappa shape index (κ1) is 19.8. The van der Waals surface area contributed by atoms with E-state index in [0.29, 0.717) is 12.2 Å². The van der Waals surface area contributed by atoms with Crippen LogP contribution in [-0.2, 0) is 4.74 Å². The number of unbranched alkanes of at least 4 members (excludes halogenated alkanes) is 2. The Morgan fingerprint density at radius 3 is 2.24 bits per heavy atom. The fourth-order valence-corrected chi connectivity index (χ4v) is 2.11. The highest BCUT2D eigenvalue weighted by Gasteiger charge is 2.23. The van der Waals surface area contributed by atoms with E-state index in [-0.39, 0.29) is 18.4 Å². The van der Waals surface area contributed by atoms with E-state index in [0.717, 1.165) is 50.3 Å². The average Bonchev–Trinajstić information content (AvgIpc) is 2.81. The van der Waals surface area contributed by atoms with Crippen molar-refractivity contribution >= 4 is 24.2 Å². The molecule has 5 nitrogen and oxygen atoms in total. The highest BCUT2D eigenvalue weighted by Crippen LogP contribution is 2.22. The van der Waals surface area contributed by atoms with Crippen LogP contribution in [0, 0.1) is 6.92 Å². The molecule has 0 saturated heterocycles. The number of nitrogens with one attached hydrogen (secondary N) is 1. The predicted octanol–water partition coefficient (Wildman–Crippen LogP) is 3.72. The quantitative estimate of drug-likeness (QED) is 0.705. The Hall–Kier alpha value is -1.23. The molecule has 1 rings (SSSR count). The predicted molar refractivity (Wildman–Crippen MR) is 88.6 cm³/mol. The summed E-state index contributed by atoms with van der Waals surface area (Å²) in [5.74, 6) is 0.453. The summed E-state index contributed by atoms with van der Waals surface area (Å²) in [6.45, 7) is 10.2. The zero-order chi connectivity index (χ0) is 15.0. The number of aryl methyl sites for hydroxylation is 1. The molecule has 0 saturated carbocycles. The first-order valence-electron chi connectivity index (χ1n) is 7.62. The molecular weight excluding hydrogens is 290 g/mol. The number of carbonyl (C=O) groups is 1. The number of rotatable bonds is 9. The van der Waals surface area contributed by atoms with Crippen LogP contribution in [-0.4, -0.2) is 35.9 Å². The maximum atomic E-state index is 12.1. The Labute approximate surface area is 133 Å². The molecular formula is C15H28ClN3O2. The lowest BCUT2D eigenvalue weighted by Gasteiger charge is -2.23. The van der Waals surface area contributed by atoms with Gasteiger partial charge in [-0.15, -0.1) is 12.4 Å². The Kier molecular flexibility index (Phi) is 9.88. The number of aromatic amines is 1. The van der Waals surface area contributed by atoms with E-state index >= 15 is 0 Å². The number of anilines is 1. The second-order valence-electron chi connectivity index (χ2n) is 4.96. The van der Waals surface area contributed by atoms with E-state index in [1.54, 1.807) is 0 Å². The van der Waals surface area contributed by atoms with Gasteiger partial charge in [-0.05, 0) is 26.7 Å². The van der Waals surface area contributed by atoms with Gasteiger partial charge in [0, 0.05) is 18.8 Å². The zero-order valence-electron chi connectivity index (χ0n) is 13.6. The standard InChI is InChI=1S/C15H27N3O2.ClH/c1-5-8-10-18(11-9-6-2)14-13(12(4)16-17-14)15(19)20-7-3;/h5-11H2,1-4H3,(H,16,17);1H. The number of carbonyl (C=O) groups excluding carboxylic acids is 1. The van der Waals surface area contributed by atoms with Crippen LogP contribution in [0.15, 0.2) is 0 Å². The molecule has 0 aliphatic rings. The minimum atomic E-state index is -0.285. The highest BCUT2D eigenvalue weighted by molar-refractivity contribution is 5.96. The molecule has 0 spiro atoms. The Morgan fingerprint density at radius 1 is 1.19 bits per heavy atom. The molecule has 1 N–H and O–H groups in total. The van der Waals surface area contributed by atoms with Crippen molar-refractivity contribution in [3.63, 3.8) is 0 Å². The van der Waals surface area contributed by atoms with Crippen LogP contribution in [0.3, 0.4) is 0 Å². The number of ether oxygens (including phenoxy) is 1. The Bertz CT molecular complexity index is 413. The molecule has 1 aromatic rings. The average molecular weight is 318 g/mol. The molecule has 0 atom stereocenters. The summed E-state index contributed by atoms with van der Waals surface area (Å²) in [5.41, 5.74) is 1.36. The summed E-state index contributed by atoms with van der Waals surface area (Å²) < 4.78 is 5.14. The van der Waals surface area contributed by atoms with Gasteiger partial charge in [0.1, 0.15) is 5.56 Å². The molecule has 0 unspecified atom stereocenters. The number of halogens is 1. The molecule has 0 aromatic carbocycles. The van der Waals surface area contributed by atoms with E-state index in [4.69, 9.17) is 4.74 Å². The van der Waals surface area contributed by atoms with Gasteiger partial charge in [0.05, 0.1) is 6.61 Å². The minimum Gasteiger partial charge on any atom is -0.462 e. The van der Waals surface area contributed by atoms with Crippen molar-refractivity contribution in [1.29, 1.82) is 0 Å². The van der Waals surface area contributed by atoms with Gasteiger partial charge in [0.25, 0.3) is 0 Å². The van der Waals surface area contributed by atoms with Gasteiger partial charge in [-0.3, -0.25) is 5.10 Å². The SMILES string of the molecule is CCCCN(CCCC)c1n[nH]c(C)c1C(=O)OCC.Cl. The van der Waals surface area contributed by atoms with Crippen LogP contribution in [0.2, 0.25) is 0 Å². The van der Waals surface area contributed by atoms with Gasteiger partial charge >= 0.3 is 5.97 Å². The minimum absolute atomic E-state index is 0. The van der Waals surface area contributed by atoms with Gasteiger partial charge in [-0.1, -0.05) is 26.7 Å². The molecule has 0 fully saturated rings. The second kappa shape index (κ2) is 10.5. The number of H-pyrrole nitrogens is 1. The summed E-state index contributed by atoms with van der Waals surface area (Å²) >= 11 is 0. The van der Waals surface area contributed by atoms with E-state index < -0.39 is 0 Å². The zero-order valence-corrected chi connectivity index (χ0v) is 14.4. The van der Waals surface area contributed by atoms with Crippen molar-refractivity contribution < 1.29 is 9.53 Å². The summed E-state index contributed by atoms with van der Waals surface area (Å²) in [4.78, 5) is 14.3. The van der Waals surface area contributed by atoms with Crippen molar-refractivity contribution in [2.24, 2.45) is 0 Å². The van der Waals surface area contributed by atoms with Crippen LogP contribution in [0.4, 0.5) is 5.82 Å². The summed E-state index contributed by atoms with van der Waals surface area (Å²) in [7, 11) is 0. The lowest BCUT2D eigenvalue weighted by Crippen LogP contribution is -2.28. The summed E-state index contributed by atoms with van der Waals surface area (Å²) in [6.07, 6.45) is 4.44. The Morgan fingerprint density at radius 2 is 1.76 bits per heavy atom. The lowest BCUT2D eigenvalue weighted by atomic mass is 10.2.